The van der Waals surface area contributed by atoms with Crippen LogP contribution >= 0.6 is 0 Å². The Kier molecular flexibility index (Phi) is 3.10. The summed E-state index contributed by atoms with van der Waals surface area (Å²) < 4.78 is 0. The molecule has 0 aliphatic carbocycles. The van der Waals surface area contributed by atoms with Crippen LogP contribution in [-0.4, -0.2) is 11.9 Å². The van der Waals surface area contributed by atoms with E-state index in [-0.39, 0.29) is 11.1 Å². The SMILES string of the molecule is O=C([O-])c1ccc(-c2ccccc2C(=O)[O-])cc1. The molecule has 0 aliphatic rings. The third kappa shape index (κ3) is 2.22. The van der Waals surface area contributed by atoms with Gasteiger partial charge in [-0.15, -0.1) is 0 Å². The molecule has 0 aliphatic heterocycles. The van der Waals surface area contributed by atoms with Gasteiger partial charge in [-0.3, -0.25) is 0 Å². The maximum Gasteiger partial charge on any atom is 0.0721 e. The van der Waals surface area contributed by atoms with Crippen LogP contribution in [-0.2, 0) is 0 Å². The van der Waals surface area contributed by atoms with Crippen LogP contribution in [0.5, 0.6) is 0 Å². The normalized spacial score (nSPS) is 10.0. The van der Waals surface area contributed by atoms with Gasteiger partial charge in [0.25, 0.3) is 0 Å². The lowest BCUT2D eigenvalue weighted by Crippen LogP contribution is -2.23. The number of hydrogen-bond donors (Lipinski definition) is 0. The molecule has 4 nitrogen and oxygen atoms in total. The van der Waals surface area contributed by atoms with E-state index in [4.69, 9.17) is 0 Å². The van der Waals surface area contributed by atoms with Crippen LogP contribution in [0.1, 0.15) is 20.7 Å². The second kappa shape index (κ2) is 4.71. The molecule has 4 heteroatoms. The van der Waals surface area contributed by atoms with E-state index < -0.39 is 11.9 Å². The summed E-state index contributed by atoms with van der Waals surface area (Å²) in [6.45, 7) is 0. The van der Waals surface area contributed by atoms with Crippen molar-refractivity contribution in [3.63, 3.8) is 0 Å². The van der Waals surface area contributed by atoms with Crippen molar-refractivity contribution >= 4 is 11.9 Å². The van der Waals surface area contributed by atoms with Gasteiger partial charge >= 0.3 is 0 Å². The summed E-state index contributed by atoms with van der Waals surface area (Å²) in [6, 6.07) is 12.2. The predicted molar refractivity (Wildman–Crippen MR) is 60.5 cm³/mol. The van der Waals surface area contributed by atoms with Crippen LogP contribution in [0.25, 0.3) is 11.1 Å². The standard InChI is InChI=1S/C14H10O4/c15-13(16)10-7-5-9(6-8-10)11-3-1-2-4-12(11)14(17)18/h1-8H,(H,15,16)(H,17,18)/p-2. The molecule has 2 aromatic rings. The first kappa shape index (κ1) is 11.9. The number of benzene rings is 2. The van der Waals surface area contributed by atoms with Crippen molar-refractivity contribution in [2.75, 3.05) is 0 Å². The Morgan fingerprint density at radius 1 is 0.778 bits per heavy atom. The largest absolute Gasteiger partial charge is 0.545 e. The minimum Gasteiger partial charge on any atom is -0.545 e. The Balaban J connectivity index is 2.49. The van der Waals surface area contributed by atoms with E-state index in [9.17, 15) is 19.8 Å². The second-order valence-electron chi connectivity index (χ2n) is 3.70. The number of aromatic carboxylic acids is 2. The zero-order valence-corrected chi connectivity index (χ0v) is 9.25. The van der Waals surface area contributed by atoms with Gasteiger partial charge in [-0.25, -0.2) is 0 Å². The number of carbonyl (C=O) groups is 2. The zero-order chi connectivity index (χ0) is 13.1. The molecule has 0 aromatic heterocycles. The molecule has 0 heterocycles. The summed E-state index contributed by atoms with van der Waals surface area (Å²) in [5.74, 6) is -2.54. The number of rotatable bonds is 3. The van der Waals surface area contributed by atoms with Crippen molar-refractivity contribution in [3.8, 4) is 11.1 Å². The van der Waals surface area contributed by atoms with Gasteiger partial charge in [-0.1, -0.05) is 48.5 Å². The maximum absolute atomic E-state index is 11.0. The molecule has 0 saturated carbocycles. The first-order valence-electron chi connectivity index (χ1n) is 5.22. The molecule has 0 amide bonds. The summed E-state index contributed by atoms with van der Waals surface area (Å²) in [4.78, 5) is 21.6. The van der Waals surface area contributed by atoms with E-state index in [0.717, 1.165) is 0 Å². The second-order valence-corrected chi connectivity index (χ2v) is 3.70. The molecule has 2 rings (SSSR count). The fourth-order valence-electron chi connectivity index (χ4n) is 1.70. The van der Waals surface area contributed by atoms with Gasteiger partial charge in [0.1, 0.15) is 0 Å². The number of carboxylic acids is 2. The lowest BCUT2D eigenvalue weighted by Gasteiger charge is -2.11. The van der Waals surface area contributed by atoms with Crippen LogP contribution in [0.2, 0.25) is 0 Å². The zero-order valence-electron chi connectivity index (χ0n) is 9.25. The van der Waals surface area contributed by atoms with Crippen molar-refractivity contribution in [2.24, 2.45) is 0 Å². The molecule has 2 aromatic carbocycles. The van der Waals surface area contributed by atoms with E-state index >= 15 is 0 Å². The molecular weight excluding hydrogens is 232 g/mol. The fourth-order valence-corrected chi connectivity index (χ4v) is 1.70. The van der Waals surface area contributed by atoms with Gasteiger partial charge < -0.3 is 19.8 Å². The van der Waals surface area contributed by atoms with E-state index in [1.165, 1.54) is 30.3 Å². The van der Waals surface area contributed by atoms with Gasteiger partial charge in [0.15, 0.2) is 0 Å². The molecule has 90 valence electrons. The Hall–Kier alpha value is -2.62. The van der Waals surface area contributed by atoms with Crippen LogP contribution in [0.4, 0.5) is 0 Å². The van der Waals surface area contributed by atoms with Gasteiger partial charge in [-0.05, 0) is 16.7 Å². The molecule has 0 saturated heterocycles. The third-order valence-electron chi connectivity index (χ3n) is 2.58. The van der Waals surface area contributed by atoms with Crippen LogP contribution in [0.15, 0.2) is 48.5 Å². The predicted octanol–water partition coefficient (Wildman–Crippen LogP) is 0.0806. The molecule has 0 unspecified atom stereocenters. The molecule has 18 heavy (non-hydrogen) atoms. The highest BCUT2D eigenvalue weighted by atomic mass is 16.4. The first-order valence-corrected chi connectivity index (χ1v) is 5.22. The topological polar surface area (TPSA) is 80.3 Å². The van der Waals surface area contributed by atoms with Gasteiger partial charge in [0.2, 0.25) is 0 Å². The fraction of sp³-hybridized carbons (Fsp3) is 0. The van der Waals surface area contributed by atoms with Gasteiger partial charge in [0.05, 0.1) is 11.9 Å². The van der Waals surface area contributed by atoms with E-state index in [1.54, 1.807) is 18.2 Å². The van der Waals surface area contributed by atoms with Gasteiger partial charge in [-0.2, -0.15) is 0 Å². The highest BCUT2D eigenvalue weighted by Crippen LogP contribution is 2.23. The van der Waals surface area contributed by atoms with Crippen molar-refractivity contribution in [3.05, 3.63) is 59.7 Å². The van der Waals surface area contributed by atoms with Crippen molar-refractivity contribution < 1.29 is 19.8 Å². The molecule has 0 radical (unpaired) electrons. The van der Waals surface area contributed by atoms with E-state index in [2.05, 4.69) is 0 Å². The average molecular weight is 240 g/mol. The smallest absolute Gasteiger partial charge is 0.0721 e. The number of carboxylic acid groups (broad SMARTS) is 2. The van der Waals surface area contributed by atoms with Crippen molar-refractivity contribution in [1.82, 2.24) is 0 Å². The number of hydrogen-bond acceptors (Lipinski definition) is 4. The summed E-state index contributed by atoms with van der Waals surface area (Å²) in [5, 5.41) is 21.6. The van der Waals surface area contributed by atoms with E-state index in [0.29, 0.717) is 11.1 Å². The van der Waals surface area contributed by atoms with Crippen LogP contribution in [0.3, 0.4) is 0 Å². The highest BCUT2D eigenvalue weighted by Gasteiger charge is 2.05. The Morgan fingerprint density at radius 2 is 1.39 bits per heavy atom. The van der Waals surface area contributed by atoms with Crippen molar-refractivity contribution in [2.45, 2.75) is 0 Å². The molecule has 0 spiro atoms. The lowest BCUT2D eigenvalue weighted by atomic mass is 9.99. The maximum atomic E-state index is 11.0. The Bertz CT molecular complexity index is 599. The monoisotopic (exact) mass is 240 g/mol. The minimum atomic E-state index is -1.27. The molecule has 0 fully saturated rings. The summed E-state index contributed by atoms with van der Waals surface area (Å²) in [7, 11) is 0. The summed E-state index contributed by atoms with van der Waals surface area (Å²) in [6.07, 6.45) is 0. The molecule has 0 bridgehead atoms. The van der Waals surface area contributed by atoms with Crippen LogP contribution in [0, 0.1) is 0 Å². The Morgan fingerprint density at radius 3 is 1.94 bits per heavy atom. The van der Waals surface area contributed by atoms with Gasteiger partial charge in [0, 0.05) is 5.56 Å². The first-order chi connectivity index (χ1) is 8.59. The molecular formula is C14H8O4-2. The van der Waals surface area contributed by atoms with E-state index in [1.807, 2.05) is 0 Å². The summed E-state index contributed by atoms with van der Waals surface area (Å²) >= 11 is 0. The number of carbonyl (C=O) groups excluding carboxylic acids is 2. The quantitative estimate of drug-likeness (QED) is 0.761. The highest BCUT2D eigenvalue weighted by molar-refractivity contribution is 5.95. The van der Waals surface area contributed by atoms with Crippen molar-refractivity contribution in [1.29, 1.82) is 0 Å². The third-order valence-corrected chi connectivity index (χ3v) is 2.58. The Labute approximate surface area is 103 Å². The lowest BCUT2D eigenvalue weighted by molar-refractivity contribution is -0.256. The average Bonchev–Trinajstić information content (AvgIpc) is 2.39. The van der Waals surface area contributed by atoms with Crippen LogP contribution < -0.4 is 10.2 Å². The molecule has 0 atom stereocenters. The summed E-state index contributed by atoms with van der Waals surface area (Å²) in [5.41, 5.74) is 1.21. The minimum absolute atomic E-state index is 0.0460. The molecule has 0 N–H and O–H groups in total.